The van der Waals surface area contributed by atoms with Crippen molar-refractivity contribution in [2.24, 2.45) is 0 Å². The molecule has 0 fully saturated rings. The fourth-order valence-electron chi connectivity index (χ4n) is 5.07. The molecular formula is C31H58NO6+. The number of carbonyl (C=O) groups is 3. The van der Waals surface area contributed by atoms with E-state index in [2.05, 4.69) is 19.1 Å². The topological polar surface area (TPSA) is 112 Å². The highest BCUT2D eigenvalue weighted by Crippen LogP contribution is 2.17. The Morgan fingerprint density at radius 1 is 0.474 bits per heavy atom. The summed E-state index contributed by atoms with van der Waals surface area (Å²) >= 11 is 0. The van der Waals surface area contributed by atoms with E-state index in [0.29, 0.717) is 6.54 Å². The number of hydrogen-bond donors (Lipinski definition) is 3. The van der Waals surface area contributed by atoms with Gasteiger partial charge in [-0.2, -0.15) is 0 Å². The molecule has 0 radical (unpaired) electrons. The van der Waals surface area contributed by atoms with Crippen molar-refractivity contribution in [3.8, 4) is 0 Å². The molecule has 222 valence electrons. The monoisotopic (exact) mass is 540 g/mol. The van der Waals surface area contributed by atoms with E-state index in [1.54, 1.807) is 0 Å². The molecule has 0 atom stereocenters. The third kappa shape index (κ3) is 24.4. The van der Waals surface area contributed by atoms with Crippen LogP contribution in [0.15, 0.2) is 12.2 Å². The molecule has 0 aromatic heterocycles. The predicted octanol–water partition coefficient (Wildman–Crippen LogP) is 7.83. The van der Waals surface area contributed by atoms with Crippen LogP contribution in [0.1, 0.15) is 142 Å². The smallest absolute Gasteiger partial charge is 0.309 e. The van der Waals surface area contributed by atoms with Crippen molar-refractivity contribution >= 4 is 17.9 Å². The minimum absolute atomic E-state index is 0.0801. The number of carboxylic acids is 3. The maximum atomic E-state index is 11.1. The molecule has 38 heavy (non-hydrogen) atoms. The molecule has 0 unspecified atom stereocenters. The lowest BCUT2D eigenvalue weighted by molar-refractivity contribution is -0.927. The van der Waals surface area contributed by atoms with Crippen LogP contribution in [-0.4, -0.2) is 63.9 Å². The number of unbranched alkanes of at least 4 members (excludes halogenated alkanes) is 16. The van der Waals surface area contributed by atoms with Crippen molar-refractivity contribution in [1.82, 2.24) is 0 Å². The maximum absolute atomic E-state index is 11.1. The predicted molar refractivity (Wildman–Crippen MR) is 154 cm³/mol. The van der Waals surface area contributed by atoms with Crippen LogP contribution >= 0.6 is 0 Å². The number of rotatable bonds is 29. The first-order chi connectivity index (χ1) is 18.3. The zero-order valence-electron chi connectivity index (χ0n) is 24.3. The molecule has 0 rings (SSSR count). The molecule has 7 nitrogen and oxygen atoms in total. The van der Waals surface area contributed by atoms with Gasteiger partial charge in [0.1, 0.15) is 0 Å². The first kappa shape index (κ1) is 36.1. The van der Waals surface area contributed by atoms with Crippen LogP contribution in [0.25, 0.3) is 0 Å². The van der Waals surface area contributed by atoms with E-state index < -0.39 is 17.9 Å². The average Bonchev–Trinajstić information content (AvgIpc) is 2.88. The van der Waals surface area contributed by atoms with Crippen molar-refractivity contribution in [3.63, 3.8) is 0 Å². The lowest BCUT2D eigenvalue weighted by Crippen LogP contribution is -2.52. The van der Waals surface area contributed by atoms with Crippen LogP contribution in [0.5, 0.6) is 0 Å². The Bertz CT molecular complexity index is 588. The standard InChI is InChI=1S/C31H57NO6/c1-2-3-4-5-6-7-8-9-10-11-12-13-14-15-16-17-18-19-20-21-25-32(26-22-29(33)34,27-23-30(35)36)28-24-31(37)38/h15-16H,2-14,17-28H2,1H3,(H2-,33,34,35,36,37,38)/p+1/b16-15+. The minimum atomic E-state index is -0.937. The van der Waals surface area contributed by atoms with Crippen molar-refractivity contribution in [2.45, 2.75) is 142 Å². The van der Waals surface area contributed by atoms with Gasteiger partial charge in [-0.15, -0.1) is 0 Å². The van der Waals surface area contributed by atoms with Crippen molar-refractivity contribution in [2.75, 3.05) is 26.2 Å². The molecule has 0 aliphatic carbocycles. The Balaban J connectivity index is 3.95. The number of allylic oxidation sites excluding steroid dienone is 2. The number of carboxylic acid groups (broad SMARTS) is 3. The van der Waals surface area contributed by atoms with Gasteiger partial charge in [0.05, 0.1) is 45.4 Å². The lowest BCUT2D eigenvalue weighted by atomic mass is 10.0. The zero-order valence-corrected chi connectivity index (χ0v) is 24.3. The summed E-state index contributed by atoms with van der Waals surface area (Å²) in [5.74, 6) is -2.81. The first-order valence-corrected chi connectivity index (χ1v) is 15.5. The Hall–Kier alpha value is -1.89. The molecule has 0 aromatic carbocycles. The van der Waals surface area contributed by atoms with Gasteiger partial charge in [-0.25, -0.2) is 0 Å². The summed E-state index contributed by atoms with van der Waals surface area (Å²) in [5, 5.41) is 27.4. The van der Waals surface area contributed by atoms with E-state index in [9.17, 15) is 14.4 Å². The highest BCUT2D eigenvalue weighted by molar-refractivity contribution is 5.67. The van der Waals surface area contributed by atoms with Gasteiger partial charge < -0.3 is 19.8 Å². The Kier molecular flexibility index (Phi) is 24.1. The molecule has 0 heterocycles. The fraction of sp³-hybridized carbons (Fsp3) is 0.839. The van der Waals surface area contributed by atoms with E-state index in [4.69, 9.17) is 15.3 Å². The van der Waals surface area contributed by atoms with E-state index in [1.807, 2.05) is 0 Å². The van der Waals surface area contributed by atoms with Gasteiger partial charge in [0.25, 0.3) is 0 Å². The third-order valence-electron chi connectivity index (χ3n) is 7.54. The number of quaternary nitrogens is 1. The quantitative estimate of drug-likeness (QED) is 0.0506. The summed E-state index contributed by atoms with van der Waals surface area (Å²) in [6.07, 6.45) is 27.1. The van der Waals surface area contributed by atoms with Crippen LogP contribution in [0.4, 0.5) is 0 Å². The zero-order chi connectivity index (χ0) is 28.3. The number of aliphatic carboxylic acids is 3. The van der Waals surface area contributed by atoms with Gasteiger partial charge in [-0.3, -0.25) is 14.4 Å². The Morgan fingerprint density at radius 3 is 1.13 bits per heavy atom. The van der Waals surface area contributed by atoms with Gasteiger partial charge in [-0.05, 0) is 38.5 Å². The summed E-state index contributed by atoms with van der Waals surface area (Å²) in [6.45, 7) is 3.72. The summed E-state index contributed by atoms with van der Waals surface area (Å²) in [7, 11) is 0. The fourth-order valence-corrected chi connectivity index (χ4v) is 5.07. The third-order valence-corrected chi connectivity index (χ3v) is 7.54. The van der Waals surface area contributed by atoms with Gasteiger partial charge in [-0.1, -0.05) is 96.1 Å². The minimum Gasteiger partial charge on any atom is -0.481 e. The lowest BCUT2D eigenvalue weighted by Gasteiger charge is -2.38. The van der Waals surface area contributed by atoms with Crippen molar-refractivity contribution in [3.05, 3.63) is 12.2 Å². The van der Waals surface area contributed by atoms with Gasteiger partial charge in [0.15, 0.2) is 0 Å². The molecule has 3 N–H and O–H groups in total. The van der Waals surface area contributed by atoms with Crippen LogP contribution in [0.2, 0.25) is 0 Å². The molecule has 7 heteroatoms. The normalized spacial score (nSPS) is 11.8. The molecule has 0 amide bonds. The molecule has 0 aliphatic heterocycles. The summed E-state index contributed by atoms with van der Waals surface area (Å²) in [6, 6.07) is 0. The van der Waals surface area contributed by atoms with E-state index >= 15 is 0 Å². The van der Waals surface area contributed by atoms with E-state index in [1.165, 1.54) is 77.0 Å². The molecule has 0 aromatic rings. The van der Waals surface area contributed by atoms with Crippen LogP contribution < -0.4 is 0 Å². The van der Waals surface area contributed by atoms with E-state index in [-0.39, 0.29) is 43.4 Å². The average molecular weight is 541 g/mol. The molecule has 0 saturated heterocycles. The highest BCUT2D eigenvalue weighted by Gasteiger charge is 2.29. The van der Waals surface area contributed by atoms with Crippen LogP contribution in [0, 0.1) is 0 Å². The van der Waals surface area contributed by atoms with Gasteiger partial charge in [0.2, 0.25) is 0 Å². The Labute approximate surface area is 232 Å². The van der Waals surface area contributed by atoms with E-state index in [0.717, 1.165) is 38.5 Å². The largest absolute Gasteiger partial charge is 0.481 e. The number of hydrogen-bond acceptors (Lipinski definition) is 3. The molecule has 0 bridgehead atoms. The summed E-state index contributed by atoms with van der Waals surface area (Å²) < 4.78 is 0.254. The second-order valence-corrected chi connectivity index (χ2v) is 11.0. The second kappa shape index (κ2) is 25.4. The molecule has 0 saturated carbocycles. The van der Waals surface area contributed by atoms with Crippen molar-refractivity contribution in [1.29, 1.82) is 0 Å². The molecule has 0 spiro atoms. The Morgan fingerprint density at radius 2 is 0.789 bits per heavy atom. The van der Waals surface area contributed by atoms with Gasteiger partial charge >= 0.3 is 17.9 Å². The number of nitrogens with zero attached hydrogens (tertiary/aromatic N) is 1. The van der Waals surface area contributed by atoms with Crippen LogP contribution in [0.3, 0.4) is 0 Å². The molecular weight excluding hydrogens is 482 g/mol. The molecule has 0 aliphatic rings. The van der Waals surface area contributed by atoms with Crippen molar-refractivity contribution < 1.29 is 34.2 Å². The first-order valence-electron chi connectivity index (χ1n) is 15.5. The highest BCUT2D eigenvalue weighted by atomic mass is 16.4. The maximum Gasteiger partial charge on any atom is 0.309 e. The second-order valence-electron chi connectivity index (χ2n) is 11.0. The van der Waals surface area contributed by atoms with Gasteiger partial charge in [0, 0.05) is 0 Å². The summed E-state index contributed by atoms with van der Waals surface area (Å²) in [5.41, 5.74) is 0. The SMILES string of the molecule is CCCCCCCCCCCCCC/C=C/CCCCCC[N+](CCC(=O)O)(CCC(=O)O)CCC(=O)O. The van der Waals surface area contributed by atoms with Crippen LogP contribution in [-0.2, 0) is 14.4 Å². The summed E-state index contributed by atoms with van der Waals surface area (Å²) in [4.78, 5) is 33.4.